The molecule has 2 atom stereocenters. The molecule has 22 heavy (non-hydrogen) atoms. The summed E-state index contributed by atoms with van der Waals surface area (Å²) < 4.78 is 2.36. The van der Waals surface area contributed by atoms with Gasteiger partial charge < -0.3 is 0 Å². The number of oxime groups is 1. The third-order valence-electron chi connectivity index (χ3n) is 3.59. The van der Waals surface area contributed by atoms with Crippen LogP contribution in [0.2, 0.25) is 5.71 Å². The first-order valence-electron chi connectivity index (χ1n) is 7.03. The van der Waals surface area contributed by atoms with Crippen LogP contribution >= 0.6 is 0 Å². The number of hydrogen-bond donors (Lipinski definition) is 2. The van der Waals surface area contributed by atoms with Crippen molar-refractivity contribution in [2.45, 2.75) is 18.2 Å². The van der Waals surface area contributed by atoms with Gasteiger partial charge in [-0.2, -0.15) is 0 Å². The Bertz CT molecular complexity index is 689. The summed E-state index contributed by atoms with van der Waals surface area (Å²) in [5.74, 6) is 0.334. The molecule has 6 nitrogen and oxygen atoms in total. The molecule has 0 spiro atoms. The summed E-state index contributed by atoms with van der Waals surface area (Å²) in [6, 6.07) is 10.4. The molecule has 0 fully saturated rings. The predicted molar refractivity (Wildman–Crippen MR) is 88.9 cm³/mol. The van der Waals surface area contributed by atoms with E-state index in [0.29, 0.717) is 12.5 Å². The van der Waals surface area contributed by atoms with Crippen LogP contribution in [0.1, 0.15) is 12.0 Å². The minimum atomic E-state index is -1.42. The maximum absolute atomic E-state index is 5.67. The first kappa shape index (κ1) is 15.0. The third kappa shape index (κ3) is 3.13. The molecule has 2 aromatic rings. The first-order chi connectivity index (χ1) is 10.7. The summed E-state index contributed by atoms with van der Waals surface area (Å²) in [7, 11) is 0. The molecule has 1 aliphatic heterocycles. The van der Waals surface area contributed by atoms with Crippen LogP contribution in [0.3, 0.4) is 0 Å². The summed E-state index contributed by atoms with van der Waals surface area (Å²) >= 11 is -1.42. The van der Waals surface area contributed by atoms with Crippen molar-refractivity contribution >= 4 is 35.1 Å². The average molecular weight is 359 g/mol. The molecule has 114 valence electrons. The molecule has 0 aliphatic carbocycles. The molecule has 0 bridgehead atoms. The number of nitrogens with zero attached hydrogens (tertiary/aromatic N) is 3. The summed E-state index contributed by atoms with van der Waals surface area (Å²) in [5, 5.41) is 4.11. The number of benzene rings is 1. The van der Waals surface area contributed by atoms with Crippen molar-refractivity contribution in [2.24, 2.45) is 10.9 Å². The van der Waals surface area contributed by atoms with E-state index in [2.05, 4.69) is 45.1 Å². The van der Waals surface area contributed by atoms with Crippen LogP contribution in [0, 0.1) is 0 Å². The maximum atomic E-state index is 5.67. The SMILES string of the molecule is C[As](c1ccc(C2=NOC(CN)C2)cc1)c1ccnc(N)n1. The second-order valence-corrected chi connectivity index (χ2v) is 9.47. The standard InChI is InChI=1S/C15H18AsN5O/c1-16(14-6-7-19-15(18)20-14)11-4-2-10(3-5-11)13-8-12(9-17)22-21-13/h2-7,12H,8-9,17H2,1H3,(H2,18,19,20). The fourth-order valence-corrected chi connectivity index (χ4v) is 5.23. The van der Waals surface area contributed by atoms with Gasteiger partial charge in [0.2, 0.25) is 0 Å². The van der Waals surface area contributed by atoms with E-state index in [1.807, 2.05) is 6.07 Å². The van der Waals surface area contributed by atoms with Crippen molar-refractivity contribution in [1.82, 2.24) is 9.97 Å². The zero-order valence-electron chi connectivity index (χ0n) is 12.3. The molecule has 3 rings (SSSR count). The molecular formula is C15H18AsN5O. The Kier molecular flexibility index (Phi) is 4.41. The number of hydrogen-bond acceptors (Lipinski definition) is 6. The zero-order chi connectivity index (χ0) is 15.5. The van der Waals surface area contributed by atoms with Crippen LogP contribution < -0.4 is 20.3 Å². The Morgan fingerprint density at radius 3 is 2.68 bits per heavy atom. The monoisotopic (exact) mass is 359 g/mol. The Labute approximate surface area is 133 Å². The van der Waals surface area contributed by atoms with Gasteiger partial charge in [-0.3, -0.25) is 0 Å². The number of anilines is 1. The Morgan fingerprint density at radius 2 is 2.05 bits per heavy atom. The number of rotatable bonds is 4. The predicted octanol–water partition coefficient (Wildman–Crippen LogP) is -0.251. The molecule has 0 saturated heterocycles. The van der Waals surface area contributed by atoms with Gasteiger partial charge >= 0.3 is 133 Å². The Hall–Kier alpha value is -1.91. The Balaban J connectivity index is 1.77. The van der Waals surface area contributed by atoms with Gasteiger partial charge in [0.25, 0.3) is 0 Å². The van der Waals surface area contributed by atoms with E-state index in [-0.39, 0.29) is 6.10 Å². The van der Waals surface area contributed by atoms with Gasteiger partial charge in [0, 0.05) is 0 Å². The molecule has 4 N–H and O–H groups in total. The van der Waals surface area contributed by atoms with Crippen LogP contribution in [0.4, 0.5) is 5.95 Å². The first-order valence-corrected chi connectivity index (χ1v) is 10.8. The summed E-state index contributed by atoms with van der Waals surface area (Å²) in [6.45, 7) is 0.491. The van der Waals surface area contributed by atoms with Crippen LogP contribution in [-0.4, -0.2) is 43.0 Å². The van der Waals surface area contributed by atoms with E-state index < -0.39 is 14.7 Å². The van der Waals surface area contributed by atoms with Crippen LogP contribution in [0.5, 0.6) is 0 Å². The second kappa shape index (κ2) is 6.46. The fourth-order valence-electron chi connectivity index (χ4n) is 2.29. The van der Waals surface area contributed by atoms with Crippen molar-refractivity contribution < 1.29 is 4.84 Å². The van der Waals surface area contributed by atoms with Crippen molar-refractivity contribution in [1.29, 1.82) is 0 Å². The molecule has 7 heteroatoms. The van der Waals surface area contributed by atoms with Gasteiger partial charge in [0.15, 0.2) is 0 Å². The van der Waals surface area contributed by atoms with Crippen molar-refractivity contribution in [2.75, 3.05) is 12.3 Å². The van der Waals surface area contributed by atoms with Crippen molar-refractivity contribution in [3.8, 4) is 0 Å². The van der Waals surface area contributed by atoms with Gasteiger partial charge in [-0.25, -0.2) is 0 Å². The molecule has 2 heterocycles. The van der Waals surface area contributed by atoms with Gasteiger partial charge in [0.05, 0.1) is 0 Å². The van der Waals surface area contributed by atoms with Crippen LogP contribution in [-0.2, 0) is 4.84 Å². The summed E-state index contributed by atoms with van der Waals surface area (Å²) in [4.78, 5) is 13.6. The van der Waals surface area contributed by atoms with Crippen LogP contribution in [0.15, 0.2) is 41.7 Å². The molecule has 1 aliphatic rings. The normalized spacial score (nSPS) is 18.6. The number of nitrogen functional groups attached to an aromatic ring is 1. The van der Waals surface area contributed by atoms with E-state index in [0.717, 1.165) is 22.2 Å². The van der Waals surface area contributed by atoms with Crippen LogP contribution in [0.25, 0.3) is 0 Å². The average Bonchev–Trinajstić information content (AvgIpc) is 3.03. The number of nitrogens with two attached hydrogens (primary N) is 2. The van der Waals surface area contributed by atoms with Gasteiger partial charge in [0.1, 0.15) is 0 Å². The molecule has 2 unspecified atom stereocenters. The fraction of sp³-hybridized carbons (Fsp3) is 0.267. The van der Waals surface area contributed by atoms with E-state index in [4.69, 9.17) is 16.3 Å². The van der Waals surface area contributed by atoms with E-state index in [9.17, 15) is 0 Å². The van der Waals surface area contributed by atoms with Gasteiger partial charge in [-0.15, -0.1) is 0 Å². The molecule has 0 amide bonds. The molecule has 0 radical (unpaired) electrons. The van der Waals surface area contributed by atoms with E-state index in [1.54, 1.807) is 6.20 Å². The zero-order valence-corrected chi connectivity index (χ0v) is 14.2. The van der Waals surface area contributed by atoms with E-state index >= 15 is 0 Å². The molecule has 1 aromatic carbocycles. The summed E-state index contributed by atoms with van der Waals surface area (Å²) in [6.07, 6.45) is 2.49. The van der Waals surface area contributed by atoms with E-state index in [1.165, 1.54) is 4.35 Å². The van der Waals surface area contributed by atoms with Crippen molar-refractivity contribution in [3.05, 3.63) is 42.1 Å². The molecule has 1 aromatic heterocycles. The van der Waals surface area contributed by atoms with Crippen molar-refractivity contribution in [3.63, 3.8) is 0 Å². The topological polar surface area (TPSA) is 99.4 Å². The summed E-state index contributed by atoms with van der Waals surface area (Å²) in [5.41, 5.74) is 15.6. The minimum absolute atomic E-state index is 0.00689. The molecular weight excluding hydrogens is 341 g/mol. The third-order valence-corrected chi connectivity index (χ3v) is 7.80. The van der Waals surface area contributed by atoms with Gasteiger partial charge in [-0.05, 0) is 0 Å². The molecule has 0 saturated carbocycles. The second-order valence-electron chi connectivity index (χ2n) is 5.08. The quantitative estimate of drug-likeness (QED) is 0.734. The Morgan fingerprint density at radius 1 is 1.27 bits per heavy atom. The number of aromatic nitrogens is 2. The van der Waals surface area contributed by atoms with Gasteiger partial charge in [-0.1, -0.05) is 0 Å².